The number of fused-ring (bicyclic) bond motifs is 19. The van der Waals surface area contributed by atoms with E-state index in [0.29, 0.717) is 10.9 Å². The molecular weight excluding hydrogens is 648 g/mol. The molecule has 3 aliphatic rings. The third kappa shape index (κ3) is 10.1. The van der Waals surface area contributed by atoms with Crippen LogP contribution in [0.3, 0.4) is 0 Å². The number of hydrogen-bond donors (Lipinski definition) is 2. The SMILES string of the molecule is CC(=O)c1nn2c3ccc(cc13)CCCCNCCCCCCCCCCCc1cc(Cl)c(F)c(c1)CNC(=O)[C@@H]1C[C@@H](F)CN1C(=O)C2. The summed E-state index contributed by atoms with van der Waals surface area (Å²) in [5, 5.41) is 11.4. The van der Waals surface area contributed by atoms with E-state index in [1.165, 1.54) is 61.5 Å². The molecule has 0 radical (unpaired) electrons. The molecule has 8 nitrogen and oxygen atoms in total. The van der Waals surface area contributed by atoms with E-state index < -0.39 is 29.8 Å². The summed E-state index contributed by atoms with van der Waals surface area (Å²) in [5.74, 6) is -1.85. The molecule has 6 rings (SSSR count). The number of amides is 2. The number of benzene rings is 2. The number of aromatic nitrogens is 2. The Morgan fingerprint density at radius 3 is 2.29 bits per heavy atom. The number of nitrogens with zero attached hydrogens (tertiary/aromatic N) is 3. The Labute approximate surface area is 293 Å². The smallest absolute Gasteiger partial charge is 0.245 e. The summed E-state index contributed by atoms with van der Waals surface area (Å²) >= 11 is 6.23. The molecule has 0 aliphatic carbocycles. The molecule has 49 heavy (non-hydrogen) atoms. The fourth-order valence-corrected chi connectivity index (χ4v) is 7.35. The minimum Gasteiger partial charge on any atom is -0.350 e. The van der Waals surface area contributed by atoms with Gasteiger partial charge in [-0.25, -0.2) is 8.78 Å². The zero-order valence-electron chi connectivity index (χ0n) is 28.7. The Kier molecular flexibility index (Phi) is 13.6. The van der Waals surface area contributed by atoms with Crippen molar-refractivity contribution in [2.75, 3.05) is 19.6 Å². The monoisotopic (exact) mass is 697 g/mol. The summed E-state index contributed by atoms with van der Waals surface area (Å²) in [4.78, 5) is 40.7. The van der Waals surface area contributed by atoms with Crippen molar-refractivity contribution < 1.29 is 23.2 Å². The van der Waals surface area contributed by atoms with Crippen molar-refractivity contribution in [1.82, 2.24) is 25.3 Å². The summed E-state index contributed by atoms with van der Waals surface area (Å²) in [7, 11) is 0. The van der Waals surface area contributed by atoms with E-state index in [0.717, 1.165) is 62.7 Å². The average Bonchev–Trinajstić information content (AvgIpc) is 3.65. The maximum Gasteiger partial charge on any atom is 0.245 e. The molecular formula is C38H50ClF2N5O3. The molecule has 6 bridgehead atoms. The van der Waals surface area contributed by atoms with E-state index in [4.69, 9.17) is 11.6 Å². The number of nitrogens with one attached hydrogen (secondary N) is 2. The highest BCUT2D eigenvalue weighted by Crippen LogP contribution is 2.26. The molecule has 0 unspecified atom stereocenters. The number of Topliss-reactive ketones (excluding diaryl/α,β-unsaturated/α-hetero) is 1. The van der Waals surface area contributed by atoms with Crippen LogP contribution in [0, 0.1) is 5.82 Å². The van der Waals surface area contributed by atoms with Gasteiger partial charge in [-0.3, -0.25) is 19.1 Å². The van der Waals surface area contributed by atoms with Gasteiger partial charge in [-0.15, -0.1) is 0 Å². The van der Waals surface area contributed by atoms with Gasteiger partial charge in [0.1, 0.15) is 30.3 Å². The van der Waals surface area contributed by atoms with Gasteiger partial charge in [0.15, 0.2) is 5.78 Å². The number of aryl methyl sites for hydroxylation is 2. The van der Waals surface area contributed by atoms with E-state index in [2.05, 4.69) is 15.7 Å². The first-order valence-corrected chi connectivity index (χ1v) is 18.5. The maximum atomic E-state index is 15.0. The fourth-order valence-electron chi connectivity index (χ4n) is 7.09. The van der Waals surface area contributed by atoms with E-state index in [1.807, 2.05) is 18.2 Å². The normalized spacial score (nSPS) is 21.8. The molecule has 0 spiro atoms. The average molecular weight is 698 g/mol. The van der Waals surface area contributed by atoms with Crippen LogP contribution in [-0.4, -0.2) is 64.1 Å². The fraction of sp³-hybridized carbons (Fsp3) is 0.579. The minimum atomic E-state index is -1.38. The van der Waals surface area contributed by atoms with Crippen LogP contribution >= 0.6 is 11.6 Å². The molecule has 0 saturated carbocycles. The summed E-state index contributed by atoms with van der Waals surface area (Å²) < 4.78 is 31.2. The van der Waals surface area contributed by atoms with Gasteiger partial charge in [0.05, 0.1) is 17.1 Å². The molecule has 2 aromatic carbocycles. The highest BCUT2D eigenvalue weighted by atomic mass is 35.5. The largest absolute Gasteiger partial charge is 0.350 e. The Morgan fingerprint density at radius 2 is 1.55 bits per heavy atom. The number of carbonyl (C=O) groups excluding carboxylic acids is 3. The second-order valence-electron chi connectivity index (χ2n) is 13.7. The van der Waals surface area contributed by atoms with Gasteiger partial charge >= 0.3 is 0 Å². The molecule has 1 fully saturated rings. The molecule has 3 aliphatic heterocycles. The number of ketones is 1. The Balaban J connectivity index is 1.31. The maximum absolute atomic E-state index is 15.0. The summed E-state index contributed by atoms with van der Waals surface area (Å²) in [6.07, 6.45) is 12.8. The van der Waals surface area contributed by atoms with Crippen LogP contribution < -0.4 is 10.6 Å². The van der Waals surface area contributed by atoms with Crippen LogP contribution in [0.1, 0.15) is 111 Å². The van der Waals surface area contributed by atoms with Crippen LogP contribution in [-0.2, 0) is 35.5 Å². The van der Waals surface area contributed by atoms with E-state index in [9.17, 15) is 23.2 Å². The van der Waals surface area contributed by atoms with Gasteiger partial charge in [-0.2, -0.15) is 5.10 Å². The first-order chi connectivity index (χ1) is 23.7. The Hall–Kier alpha value is -3.37. The van der Waals surface area contributed by atoms with Crippen LogP contribution in [0.2, 0.25) is 5.02 Å². The number of alkyl halides is 1. The van der Waals surface area contributed by atoms with Gasteiger partial charge < -0.3 is 15.5 Å². The molecule has 2 atom stereocenters. The first kappa shape index (κ1) is 36.9. The van der Waals surface area contributed by atoms with Crippen molar-refractivity contribution in [3.8, 4) is 0 Å². The predicted octanol–water partition coefficient (Wildman–Crippen LogP) is 7.27. The Morgan fingerprint density at radius 1 is 0.898 bits per heavy atom. The lowest BCUT2D eigenvalue weighted by Crippen LogP contribution is -2.46. The van der Waals surface area contributed by atoms with Gasteiger partial charge in [0, 0.05) is 30.8 Å². The molecule has 1 aromatic heterocycles. The number of halogens is 3. The van der Waals surface area contributed by atoms with E-state index >= 15 is 0 Å². The number of carbonyl (C=O) groups is 3. The lowest BCUT2D eigenvalue weighted by molar-refractivity contribution is -0.139. The van der Waals surface area contributed by atoms with Crippen molar-refractivity contribution in [3.63, 3.8) is 0 Å². The second kappa shape index (κ2) is 18.0. The minimum absolute atomic E-state index is 0.00329. The zero-order valence-corrected chi connectivity index (χ0v) is 29.4. The summed E-state index contributed by atoms with van der Waals surface area (Å²) in [6, 6.07) is 8.16. The lowest BCUT2D eigenvalue weighted by atomic mass is 10.0. The van der Waals surface area contributed by atoms with Gasteiger partial charge in [0.2, 0.25) is 11.8 Å². The summed E-state index contributed by atoms with van der Waals surface area (Å²) in [5.41, 5.74) is 3.16. The predicted molar refractivity (Wildman–Crippen MR) is 189 cm³/mol. The molecule has 2 N–H and O–H groups in total. The van der Waals surface area contributed by atoms with Gasteiger partial charge in [0.25, 0.3) is 0 Å². The third-order valence-electron chi connectivity index (χ3n) is 9.81. The van der Waals surface area contributed by atoms with Gasteiger partial charge in [-0.1, -0.05) is 68.7 Å². The summed E-state index contributed by atoms with van der Waals surface area (Å²) in [6.45, 7) is 2.85. The quantitative estimate of drug-likeness (QED) is 0.261. The van der Waals surface area contributed by atoms with E-state index in [1.54, 1.807) is 12.1 Å². The molecule has 4 heterocycles. The first-order valence-electron chi connectivity index (χ1n) is 18.1. The highest BCUT2D eigenvalue weighted by molar-refractivity contribution is 6.30. The van der Waals surface area contributed by atoms with Crippen molar-refractivity contribution >= 4 is 40.1 Å². The lowest BCUT2D eigenvalue weighted by Gasteiger charge is -2.24. The molecule has 2 amide bonds. The third-order valence-corrected chi connectivity index (χ3v) is 10.1. The van der Waals surface area contributed by atoms with Crippen LogP contribution in [0.5, 0.6) is 0 Å². The van der Waals surface area contributed by atoms with Crippen molar-refractivity contribution in [1.29, 1.82) is 0 Å². The van der Waals surface area contributed by atoms with Crippen LogP contribution in [0.15, 0.2) is 30.3 Å². The standard InChI is InChI=1S/C38H50ClF2N5O3/c1-26(47)37-31-20-27-13-10-12-18-42-17-11-8-6-4-2-3-5-7-9-14-28-19-29(36(41)32(39)21-28)23-43-38(49)34-22-30(40)24-45(34)35(48)25-46(44-37)33(31)16-15-27/h15-16,19-21,30,34,42H,2-14,17-18,22-25H2,1H3,(H,43,49)/t30-,34+/m1/s1. The van der Waals surface area contributed by atoms with Crippen molar-refractivity contribution in [2.45, 2.75) is 122 Å². The molecule has 11 heteroatoms. The van der Waals surface area contributed by atoms with Crippen molar-refractivity contribution in [3.05, 3.63) is 63.6 Å². The molecule has 3 aromatic rings. The Bertz CT molecular complexity index is 1610. The van der Waals surface area contributed by atoms with Gasteiger partial charge in [-0.05, 0) is 80.9 Å². The van der Waals surface area contributed by atoms with E-state index in [-0.39, 0.29) is 48.1 Å². The second-order valence-corrected chi connectivity index (χ2v) is 14.1. The molecule has 1 saturated heterocycles. The topological polar surface area (TPSA) is 96.3 Å². The zero-order chi connectivity index (χ0) is 34.8. The number of hydrogen-bond acceptors (Lipinski definition) is 5. The highest BCUT2D eigenvalue weighted by Gasteiger charge is 2.40. The van der Waals surface area contributed by atoms with Crippen molar-refractivity contribution in [2.24, 2.45) is 0 Å². The van der Waals surface area contributed by atoms with Crippen LogP contribution in [0.4, 0.5) is 8.78 Å². The van der Waals surface area contributed by atoms with Crippen LogP contribution in [0.25, 0.3) is 10.9 Å². The number of rotatable bonds is 1. The molecule has 266 valence electrons.